The van der Waals surface area contributed by atoms with Crippen LogP contribution < -0.4 is 5.32 Å². The molecule has 0 aliphatic heterocycles. The Bertz CT molecular complexity index is 1010. The third-order valence-corrected chi connectivity index (χ3v) is 5.84. The van der Waals surface area contributed by atoms with Crippen molar-refractivity contribution < 1.29 is 19.1 Å². The van der Waals surface area contributed by atoms with E-state index >= 15 is 0 Å². The number of carbonyl (C=O) groups excluding carboxylic acids is 3. The van der Waals surface area contributed by atoms with E-state index in [2.05, 4.69) is 5.32 Å². The van der Waals surface area contributed by atoms with Crippen LogP contribution >= 0.6 is 11.8 Å². The maximum atomic E-state index is 12.8. The van der Waals surface area contributed by atoms with Gasteiger partial charge in [-0.3, -0.25) is 14.4 Å². The number of hydrogen-bond acceptors (Lipinski definition) is 5. The molecule has 0 heterocycles. The van der Waals surface area contributed by atoms with Crippen LogP contribution in [0.5, 0.6) is 0 Å². The van der Waals surface area contributed by atoms with Gasteiger partial charge in [0.25, 0.3) is 0 Å². The van der Waals surface area contributed by atoms with Gasteiger partial charge in [-0.2, -0.15) is 0 Å². The van der Waals surface area contributed by atoms with E-state index in [-0.39, 0.29) is 24.2 Å². The van der Waals surface area contributed by atoms with E-state index in [1.807, 2.05) is 78.9 Å². The highest BCUT2D eigenvalue weighted by molar-refractivity contribution is 8.14. The minimum Gasteiger partial charge on any atom is -0.460 e. The molecule has 0 aliphatic rings. The molecular formula is C26H25NO4S. The van der Waals surface area contributed by atoms with Crippen molar-refractivity contribution in [3.63, 3.8) is 0 Å². The third kappa shape index (κ3) is 7.71. The van der Waals surface area contributed by atoms with Crippen molar-refractivity contribution in [1.29, 1.82) is 0 Å². The molecule has 1 atom stereocenters. The fourth-order valence-corrected chi connectivity index (χ4v) is 3.98. The standard InChI is InChI=1S/C26H25NO4S/c28-24(31-18-21-12-6-2-7-13-21)17-27-25(29)23(16-20-10-4-1-5-11-20)19-32-26(30)22-14-8-3-9-15-22/h1-15,23H,16-19H2,(H,27,29)/t23-/m0/s1. The summed E-state index contributed by atoms with van der Waals surface area (Å²) in [7, 11) is 0. The van der Waals surface area contributed by atoms with Crippen LogP contribution in [-0.2, 0) is 27.4 Å². The van der Waals surface area contributed by atoms with Gasteiger partial charge in [-0.25, -0.2) is 0 Å². The predicted octanol–water partition coefficient (Wildman–Crippen LogP) is 4.28. The predicted molar refractivity (Wildman–Crippen MR) is 126 cm³/mol. The van der Waals surface area contributed by atoms with Crippen molar-refractivity contribution in [3.8, 4) is 0 Å². The first kappa shape index (κ1) is 23.3. The first-order valence-electron chi connectivity index (χ1n) is 10.3. The lowest BCUT2D eigenvalue weighted by molar-refractivity contribution is -0.145. The highest BCUT2D eigenvalue weighted by Gasteiger charge is 2.22. The lowest BCUT2D eigenvalue weighted by Gasteiger charge is -2.16. The summed E-state index contributed by atoms with van der Waals surface area (Å²) in [5.74, 6) is -0.933. The molecule has 0 radical (unpaired) electrons. The second-order valence-corrected chi connectivity index (χ2v) is 8.21. The van der Waals surface area contributed by atoms with Gasteiger partial charge < -0.3 is 10.1 Å². The third-order valence-electron chi connectivity index (χ3n) is 4.77. The van der Waals surface area contributed by atoms with Crippen molar-refractivity contribution in [2.45, 2.75) is 13.0 Å². The summed E-state index contributed by atoms with van der Waals surface area (Å²) in [6.45, 7) is -0.0569. The average molecular weight is 448 g/mol. The van der Waals surface area contributed by atoms with E-state index in [4.69, 9.17) is 4.74 Å². The fourth-order valence-electron chi connectivity index (χ4n) is 3.05. The van der Waals surface area contributed by atoms with E-state index in [1.54, 1.807) is 12.1 Å². The Morgan fingerprint density at radius 3 is 1.97 bits per heavy atom. The largest absolute Gasteiger partial charge is 0.460 e. The van der Waals surface area contributed by atoms with Gasteiger partial charge in [-0.1, -0.05) is 103 Å². The quantitative estimate of drug-likeness (QED) is 0.470. The van der Waals surface area contributed by atoms with Crippen LogP contribution in [0.15, 0.2) is 91.0 Å². The van der Waals surface area contributed by atoms with Gasteiger partial charge in [0, 0.05) is 11.3 Å². The van der Waals surface area contributed by atoms with E-state index < -0.39 is 11.9 Å². The summed E-state index contributed by atoms with van der Waals surface area (Å²) in [6, 6.07) is 27.9. The minimum absolute atomic E-state index is 0.0845. The molecule has 1 amide bonds. The normalized spacial score (nSPS) is 11.4. The molecule has 0 fully saturated rings. The lowest BCUT2D eigenvalue weighted by atomic mass is 10.0. The van der Waals surface area contributed by atoms with E-state index in [0.717, 1.165) is 22.9 Å². The number of hydrogen-bond donors (Lipinski definition) is 1. The minimum atomic E-state index is -0.506. The molecule has 0 bridgehead atoms. The molecule has 5 nitrogen and oxygen atoms in total. The van der Waals surface area contributed by atoms with Crippen LogP contribution in [0.1, 0.15) is 21.5 Å². The van der Waals surface area contributed by atoms with Gasteiger partial charge in [-0.15, -0.1) is 0 Å². The Balaban J connectivity index is 1.54. The van der Waals surface area contributed by atoms with Gasteiger partial charge in [-0.05, 0) is 17.5 Å². The maximum absolute atomic E-state index is 12.8. The van der Waals surface area contributed by atoms with Crippen LogP contribution in [-0.4, -0.2) is 29.3 Å². The van der Waals surface area contributed by atoms with E-state index in [9.17, 15) is 14.4 Å². The number of amides is 1. The number of nitrogens with one attached hydrogen (secondary N) is 1. The average Bonchev–Trinajstić information content (AvgIpc) is 2.85. The van der Waals surface area contributed by atoms with Crippen LogP contribution in [0.2, 0.25) is 0 Å². The van der Waals surface area contributed by atoms with Crippen molar-refractivity contribution in [3.05, 3.63) is 108 Å². The summed E-state index contributed by atoms with van der Waals surface area (Å²) in [5.41, 5.74) is 2.47. The Kier molecular flexibility index (Phi) is 9.07. The van der Waals surface area contributed by atoms with Crippen molar-refractivity contribution in [1.82, 2.24) is 5.32 Å². The van der Waals surface area contributed by atoms with Crippen molar-refractivity contribution >= 4 is 28.8 Å². The molecule has 3 rings (SSSR count). The Morgan fingerprint density at radius 1 is 0.781 bits per heavy atom. The summed E-state index contributed by atoms with van der Waals surface area (Å²) < 4.78 is 5.22. The highest BCUT2D eigenvalue weighted by atomic mass is 32.2. The summed E-state index contributed by atoms with van der Waals surface area (Å²) in [4.78, 5) is 37.4. The molecule has 0 saturated carbocycles. The highest BCUT2D eigenvalue weighted by Crippen LogP contribution is 2.19. The Hall–Kier alpha value is -3.38. The smallest absolute Gasteiger partial charge is 0.325 e. The zero-order valence-corrected chi connectivity index (χ0v) is 18.4. The Morgan fingerprint density at radius 2 is 1.34 bits per heavy atom. The number of rotatable bonds is 10. The zero-order chi connectivity index (χ0) is 22.6. The number of thioether (sulfide) groups is 1. The van der Waals surface area contributed by atoms with Crippen LogP contribution in [0.25, 0.3) is 0 Å². The first-order chi connectivity index (χ1) is 15.6. The first-order valence-corrected chi connectivity index (χ1v) is 11.3. The topological polar surface area (TPSA) is 72.5 Å². The number of carbonyl (C=O) groups is 3. The van der Waals surface area contributed by atoms with Crippen LogP contribution in [0, 0.1) is 5.92 Å². The zero-order valence-electron chi connectivity index (χ0n) is 17.6. The maximum Gasteiger partial charge on any atom is 0.325 e. The number of esters is 1. The molecule has 3 aromatic carbocycles. The number of ether oxygens (including phenoxy) is 1. The second kappa shape index (κ2) is 12.5. The molecule has 6 heteroatoms. The molecule has 0 saturated heterocycles. The van der Waals surface area contributed by atoms with Gasteiger partial charge in [0.1, 0.15) is 13.2 Å². The molecule has 1 N–H and O–H groups in total. The molecule has 164 valence electrons. The molecule has 3 aromatic rings. The lowest BCUT2D eigenvalue weighted by Crippen LogP contribution is -2.37. The van der Waals surface area contributed by atoms with E-state index in [0.29, 0.717) is 17.7 Å². The van der Waals surface area contributed by atoms with Gasteiger partial charge >= 0.3 is 5.97 Å². The van der Waals surface area contributed by atoms with Crippen LogP contribution in [0.3, 0.4) is 0 Å². The summed E-state index contributed by atoms with van der Waals surface area (Å²) in [5, 5.41) is 2.58. The van der Waals surface area contributed by atoms with Gasteiger partial charge in [0.15, 0.2) is 0 Å². The second-order valence-electron chi connectivity index (χ2n) is 7.22. The van der Waals surface area contributed by atoms with Crippen molar-refractivity contribution in [2.24, 2.45) is 5.92 Å². The molecule has 32 heavy (non-hydrogen) atoms. The Labute approximate surface area is 192 Å². The molecule has 0 aliphatic carbocycles. The fraction of sp³-hybridized carbons (Fsp3) is 0.192. The molecular weight excluding hydrogens is 422 g/mol. The monoisotopic (exact) mass is 447 g/mol. The van der Waals surface area contributed by atoms with E-state index in [1.165, 1.54) is 0 Å². The van der Waals surface area contributed by atoms with Crippen LogP contribution in [0.4, 0.5) is 0 Å². The number of benzene rings is 3. The van der Waals surface area contributed by atoms with Crippen molar-refractivity contribution in [2.75, 3.05) is 12.3 Å². The summed E-state index contributed by atoms with van der Waals surface area (Å²) in [6.07, 6.45) is 0.473. The van der Waals surface area contributed by atoms with Gasteiger partial charge in [0.2, 0.25) is 11.0 Å². The summed E-state index contributed by atoms with van der Waals surface area (Å²) >= 11 is 1.11. The molecule has 0 unspecified atom stereocenters. The molecule has 0 aromatic heterocycles. The SMILES string of the molecule is O=C(CNC(=O)[C@H](CSC(=O)c1ccccc1)Cc1ccccc1)OCc1ccccc1. The molecule has 0 spiro atoms. The van der Waals surface area contributed by atoms with Gasteiger partial charge in [0.05, 0.1) is 5.92 Å².